The minimum atomic E-state index is -0.174. The Morgan fingerprint density at radius 1 is 1.30 bits per heavy atom. The number of amides is 1. The van der Waals surface area contributed by atoms with Crippen LogP contribution in [-0.4, -0.2) is 22.7 Å². The number of rotatable bonds is 5. The molecular formula is C14H17N3O2S. The van der Waals surface area contributed by atoms with Crippen LogP contribution in [0.25, 0.3) is 0 Å². The maximum Gasteiger partial charge on any atom is 0.257 e. The van der Waals surface area contributed by atoms with Crippen LogP contribution < -0.4 is 5.32 Å². The molecule has 5 nitrogen and oxygen atoms in total. The molecule has 0 bridgehead atoms. The molecule has 1 aromatic carbocycles. The molecule has 0 saturated heterocycles. The molecule has 0 aliphatic rings. The Bertz CT molecular complexity index is 610. The largest absolute Gasteiger partial charge is 0.374 e. The number of hydrogen-bond acceptors (Lipinski definition) is 5. The topological polar surface area (TPSA) is 64.1 Å². The quantitative estimate of drug-likeness (QED) is 0.920. The maximum atomic E-state index is 12.1. The van der Waals surface area contributed by atoms with Gasteiger partial charge in [0.2, 0.25) is 5.13 Å². The second kappa shape index (κ2) is 6.58. The lowest BCUT2D eigenvalue weighted by atomic mass is 10.1. The average molecular weight is 291 g/mol. The van der Waals surface area contributed by atoms with Gasteiger partial charge in [-0.05, 0) is 44.0 Å². The molecule has 20 heavy (non-hydrogen) atoms. The van der Waals surface area contributed by atoms with Gasteiger partial charge in [0.1, 0.15) is 11.6 Å². The van der Waals surface area contributed by atoms with Crippen LogP contribution in [0.4, 0.5) is 5.13 Å². The fraction of sp³-hybridized carbons (Fsp3) is 0.357. The van der Waals surface area contributed by atoms with Crippen molar-refractivity contribution in [3.05, 3.63) is 39.9 Å². The van der Waals surface area contributed by atoms with Crippen molar-refractivity contribution in [1.29, 1.82) is 0 Å². The van der Waals surface area contributed by atoms with E-state index in [0.717, 1.165) is 16.1 Å². The van der Waals surface area contributed by atoms with Crippen molar-refractivity contribution in [1.82, 2.24) is 10.2 Å². The molecular weight excluding hydrogens is 274 g/mol. The van der Waals surface area contributed by atoms with Gasteiger partial charge in [-0.2, -0.15) is 0 Å². The monoisotopic (exact) mass is 291 g/mol. The van der Waals surface area contributed by atoms with Gasteiger partial charge in [-0.25, -0.2) is 0 Å². The standard InChI is InChI=1S/C14H17N3O2S/c1-4-19-8-12-16-17-14(20-12)15-13(18)11-6-5-9(2)10(3)7-11/h5-7H,4,8H2,1-3H3,(H,15,17,18). The third-order valence-corrected chi connectivity index (χ3v) is 3.70. The van der Waals surface area contributed by atoms with Crippen molar-refractivity contribution < 1.29 is 9.53 Å². The molecule has 106 valence electrons. The van der Waals surface area contributed by atoms with Crippen LogP contribution in [0.1, 0.15) is 33.4 Å². The lowest BCUT2D eigenvalue weighted by Gasteiger charge is -2.04. The smallest absolute Gasteiger partial charge is 0.257 e. The summed E-state index contributed by atoms with van der Waals surface area (Å²) in [4.78, 5) is 12.1. The maximum absolute atomic E-state index is 12.1. The number of carbonyl (C=O) groups is 1. The van der Waals surface area contributed by atoms with E-state index in [4.69, 9.17) is 4.74 Å². The van der Waals surface area contributed by atoms with Crippen molar-refractivity contribution in [3.8, 4) is 0 Å². The summed E-state index contributed by atoms with van der Waals surface area (Å²) in [7, 11) is 0. The summed E-state index contributed by atoms with van der Waals surface area (Å²) in [5, 5.41) is 11.9. The van der Waals surface area contributed by atoms with Crippen LogP contribution in [-0.2, 0) is 11.3 Å². The van der Waals surface area contributed by atoms with E-state index in [1.54, 1.807) is 6.07 Å². The summed E-state index contributed by atoms with van der Waals surface area (Å²) in [6.07, 6.45) is 0. The molecule has 1 heterocycles. The number of hydrogen-bond donors (Lipinski definition) is 1. The predicted molar refractivity (Wildman–Crippen MR) is 79.1 cm³/mol. The van der Waals surface area contributed by atoms with Crippen LogP contribution in [0.3, 0.4) is 0 Å². The van der Waals surface area contributed by atoms with Gasteiger partial charge < -0.3 is 4.74 Å². The Morgan fingerprint density at radius 2 is 2.10 bits per heavy atom. The van der Waals surface area contributed by atoms with Gasteiger partial charge in [-0.15, -0.1) is 10.2 Å². The van der Waals surface area contributed by atoms with Crippen LogP contribution >= 0.6 is 11.3 Å². The summed E-state index contributed by atoms with van der Waals surface area (Å²) >= 11 is 1.32. The number of aromatic nitrogens is 2. The van der Waals surface area contributed by atoms with E-state index in [9.17, 15) is 4.79 Å². The number of benzene rings is 1. The van der Waals surface area contributed by atoms with Crippen molar-refractivity contribution in [2.45, 2.75) is 27.4 Å². The van der Waals surface area contributed by atoms with Crippen molar-refractivity contribution >= 4 is 22.4 Å². The molecule has 0 aliphatic carbocycles. The minimum Gasteiger partial charge on any atom is -0.374 e. The highest BCUT2D eigenvalue weighted by molar-refractivity contribution is 7.15. The zero-order chi connectivity index (χ0) is 14.5. The Hall–Kier alpha value is -1.79. The molecule has 0 spiro atoms. The first kappa shape index (κ1) is 14.6. The number of ether oxygens (including phenoxy) is 1. The Kier molecular flexibility index (Phi) is 4.81. The second-order valence-corrected chi connectivity index (χ2v) is 5.45. The zero-order valence-electron chi connectivity index (χ0n) is 11.8. The van der Waals surface area contributed by atoms with Crippen molar-refractivity contribution in [2.24, 2.45) is 0 Å². The van der Waals surface area contributed by atoms with Gasteiger partial charge in [0, 0.05) is 12.2 Å². The third-order valence-electron chi connectivity index (χ3n) is 2.89. The second-order valence-electron chi connectivity index (χ2n) is 4.39. The third kappa shape index (κ3) is 3.61. The van der Waals surface area contributed by atoms with Crippen LogP contribution in [0.5, 0.6) is 0 Å². The van der Waals surface area contributed by atoms with Gasteiger partial charge in [0.05, 0.1) is 0 Å². The molecule has 0 radical (unpaired) electrons. The summed E-state index contributed by atoms with van der Waals surface area (Å²) in [6.45, 7) is 6.97. The lowest BCUT2D eigenvalue weighted by molar-refractivity contribution is 0.102. The number of carbonyl (C=O) groups excluding carboxylic acids is 1. The van der Waals surface area contributed by atoms with Crippen LogP contribution in [0.2, 0.25) is 0 Å². The molecule has 1 amide bonds. The molecule has 0 atom stereocenters. The SMILES string of the molecule is CCOCc1nnc(NC(=O)c2ccc(C)c(C)c2)s1. The first-order chi connectivity index (χ1) is 9.60. The van der Waals surface area contributed by atoms with E-state index < -0.39 is 0 Å². The highest BCUT2D eigenvalue weighted by Gasteiger charge is 2.10. The molecule has 0 fully saturated rings. The van der Waals surface area contributed by atoms with E-state index in [2.05, 4.69) is 15.5 Å². The number of nitrogens with one attached hydrogen (secondary N) is 1. The number of nitrogens with zero attached hydrogens (tertiary/aromatic N) is 2. The Morgan fingerprint density at radius 3 is 2.80 bits per heavy atom. The van der Waals surface area contributed by atoms with Crippen molar-refractivity contribution in [2.75, 3.05) is 11.9 Å². The van der Waals surface area contributed by atoms with Gasteiger partial charge in [-0.1, -0.05) is 17.4 Å². The summed E-state index contributed by atoms with van der Waals surface area (Å²) in [5.74, 6) is -0.174. The molecule has 2 aromatic rings. The zero-order valence-corrected chi connectivity index (χ0v) is 12.6. The first-order valence-electron chi connectivity index (χ1n) is 6.39. The average Bonchev–Trinajstić information content (AvgIpc) is 2.87. The van der Waals surface area contributed by atoms with Gasteiger partial charge in [-0.3, -0.25) is 10.1 Å². The van der Waals surface area contributed by atoms with E-state index in [0.29, 0.717) is 23.9 Å². The summed E-state index contributed by atoms with van der Waals surface area (Å²) in [5.41, 5.74) is 2.87. The van der Waals surface area contributed by atoms with Crippen molar-refractivity contribution in [3.63, 3.8) is 0 Å². The molecule has 0 aliphatic heterocycles. The Labute approximate surface area is 122 Å². The van der Waals surface area contributed by atoms with Gasteiger partial charge >= 0.3 is 0 Å². The van der Waals surface area contributed by atoms with Crippen LogP contribution in [0.15, 0.2) is 18.2 Å². The highest BCUT2D eigenvalue weighted by Crippen LogP contribution is 2.17. The molecule has 0 unspecified atom stereocenters. The molecule has 1 aromatic heterocycles. The van der Waals surface area contributed by atoms with E-state index in [1.807, 2.05) is 32.9 Å². The van der Waals surface area contributed by atoms with Crippen LogP contribution in [0, 0.1) is 13.8 Å². The van der Waals surface area contributed by atoms with E-state index >= 15 is 0 Å². The molecule has 0 saturated carbocycles. The van der Waals surface area contributed by atoms with E-state index in [1.165, 1.54) is 11.3 Å². The van der Waals surface area contributed by atoms with Gasteiger partial charge in [0.15, 0.2) is 0 Å². The molecule has 2 rings (SSSR count). The lowest BCUT2D eigenvalue weighted by Crippen LogP contribution is -2.12. The fourth-order valence-corrected chi connectivity index (χ4v) is 2.28. The van der Waals surface area contributed by atoms with Gasteiger partial charge in [0.25, 0.3) is 5.91 Å². The number of anilines is 1. The molecule has 1 N–H and O–H groups in total. The van der Waals surface area contributed by atoms with E-state index in [-0.39, 0.29) is 5.91 Å². The fourth-order valence-electron chi connectivity index (χ4n) is 1.60. The molecule has 6 heteroatoms. The normalized spacial score (nSPS) is 10.6. The summed E-state index contributed by atoms with van der Waals surface area (Å²) in [6, 6.07) is 5.61. The highest BCUT2D eigenvalue weighted by atomic mass is 32.1. The minimum absolute atomic E-state index is 0.174. The summed E-state index contributed by atoms with van der Waals surface area (Å²) < 4.78 is 5.25. The predicted octanol–water partition coefficient (Wildman–Crippen LogP) is 2.94. The number of aryl methyl sites for hydroxylation is 2. The first-order valence-corrected chi connectivity index (χ1v) is 7.20. The Balaban J connectivity index is 2.03.